The van der Waals surface area contributed by atoms with E-state index in [1.165, 1.54) is 12.1 Å². The molecule has 9 heteroatoms. The first-order valence-electron chi connectivity index (χ1n) is 8.50. The van der Waals surface area contributed by atoms with Crippen LogP contribution < -0.4 is 15.4 Å². The zero-order valence-electron chi connectivity index (χ0n) is 15.4. The van der Waals surface area contributed by atoms with Crippen molar-refractivity contribution in [2.24, 2.45) is 4.99 Å². The van der Waals surface area contributed by atoms with Gasteiger partial charge in [-0.3, -0.25) is 4.99 Å². The van der Waals surface area contributed by atoms with E-state index in [0.717, 1.165) is 22.7 Å². The molecule has 0 bridgehead atoms. The molecule has 1 unspecified atom stereocenters. The zero-order valence-corrected chi connectivity index (χ0v) is 16.2. The summed E-state index contributed by atoms with van der Waals surface area (Å²) in [7, 11) is 1.66. The number of halogens is 3. The number of thiazole rings is 1. The Morgan fingerprint density at radius 3 is 2.70 bits per heavy atom. The van der Waals surface area contributed by atoms with Crippen molar-refractivity contribution in [2.75, 3.05) is 13.6 Å². The monoisotopic (exact) mass is 400 g/mol. The van der Waals surface area contributed by atoms with Gasteiger partial charge in [-0.05, 0) is 31.5 Å². The first kappa shape index (κ1) is 21.0. The zero-order chi connectivity index (χ0) is 19.9. The van der Waals surface area contributed by atoms with Crippen LogP contribution in [0.15, 0.2) is 34.8 Å². The Labute approximate surface area is 160 Å². The summed E-state index contributed by atoms with van der Waals surface area (Å²) in [6, 6.07) is 4.91. The van der Waals surface area contributed by atoms with Crippen LogP contribution in [0.25, 0.3) is 0 Å². The van der Waals surface area contributed by atoms with Gasteiger partial charge in [0.15, 0.2) is 5.96 Å². The summed E-state index contributed by atoms with van der Waals surface area (Å²) in [5.41, 5.74) is 2.04. The Morgan fingerprint density at radius 2 is 2.11 bits per heavy atom. The van der Waals surface area contributed by atoms with E-state index in [0.29, 0.717) is 25.5 Å². The number of aromatic nitrogens is 1. The van der Waals surface area contributed by atoms with Crippen molar-refractivity contribution in [2.45, 2.75) is 39.1 Å². The first-order chi connectivity index (χ1) is 12.8. The van der Waals surface area contributed by atoms with Gasteiger partial charge in [0.05, 0.1) is 29.9 Å². The number of nitrogens with one attached hydrogen (secondary N) is 2. The molecule has 5 nitrogen and oxygen atoms in total. The molecule has 0 aliphatic carbocycles. The molecule has 0 aliphatic heterocycles. The number of rotatable bonds is 7. The third-order valence-corrected chi connectivity index (χ3v) is 4.84. The quantitative estimate of drug-likeness (QED) is 0.545. The Balaban J connectivity index is 1.89. The minimum absolute atomic E-state index is 0.196. The van der Waals surface area contributed by atoms with Gasteiger partial charge in [-0.2, -0.15) is 13.2 Å². The summed E-state index contributed by atoms with van der Waals surface area (Å²) in [5, 5.41) is 6.33. The maximum Gasteiger partial charge on any atom is 0.416 e. The van der Waals surface area contributed by atoms with Crippen molar-refractivity contribution in [3.8, 4) is 5.75 Å². The topological polar surface area (TPSA) is 58.5 Å². The molecule has 0 saturated heterocycles. The summed E-state index contributed by atoms with van der Waals surface area (Å²) < 4.78 is 44.2. The van der Waals surface area contributed by atoms with Crippen molar-refractivity contribution in [1.82, 2.24) is 15.6 Å². The predicted octanol–water partition coefficient (Wildman–Crippen LogP) is 3.99. The van der Waals surface area contributed by atoms with Crippen molar-refractivity contribution < 1.29 is 17.9 Å². The number of ether oxygens (including phenoxy) is 1. The number of benzene rings is 1. The number of hydrogen-bond acceptors (Lipinski definition) is 4. The summed E-state index contributed by atoms with van der Waals surface area (Å²) in [6.07, 6.45) is -4.05. The normalized spacial score (nSPS) is 13.3. The molecular formula is C18H23F3N4OS. The van der Waals surface area contributed by atoms with Gasteiger partial charge < -0.3 is 15.4 Å². The fraction of sp³-hybridized carbons (Fsp3) is 0.444. The number of aliphatic imine (C=N–C) groups is 1. The van der Waals surface area contributed by atoms with E-state index >= 15 is 0 Å². The molecule has 2 N–H and O–H groups in total. The molecule has 0 radical (unpaired) electrons. The second-order valence-corrected chi connectivity index (χ2v) is 6.78. The van der Waals surface area contributed by atoms with Gasteiger partial charge in [0.2, 0.25) is 0 Å². The Kier molecular flexibility index (Phi) is 7.46. The molecule has 1 aromatic carbocycles. The minimum Gasteiger partial charge on any atom is -0.489 e. The maximum absolute atomic E-state index is 12.8. The maximum atomic E-state index is 12.8. The molecule has 1 aromatic heterocycles. The van der Waals surface area contributed by atoms with Crippen LogP contribution in [-0.4, -0.2) is 30.6 Å². The van der Waals surface area contributed by atoms with Gasteiger partial charge in [0, 0.05) is 11.9 Å². The molecule has 0 fully saturated rings. The highest BCUT2D eigenvalue weighted by Gasteiger charge is 2.30. The predicted molar refractivity (Wildman–Crippen MR) is 101 cm³/mol. The van der Waals surface area contributed by atoms with Crippen molar-refractivity contribution >= 4 is 17.3 Å². The summed E-state index contributed by atoms with van der Waals surface area (Å²) in [6.45, 7) is 4.87. The van der Waals surface area contributed by atoms with E-state index < -0.39 is 11.7 Å². The van der Waals surface area contributed by atoms with Gasteiger partial charge in [0.25, 0.3) is 0 Å². The van der Waals surface area contributed by atoms with E-state index in [2.05, 4.69) is 20.6 Å². The molecule has 148 valence electrons. The van der Waals surface area contributed by atoms with Crippen molar-refractivity contribution in [3.63, 3.8) is 0 Å². The van der Waals surface area contributed by atoms with Crippen LogP contribution in [0.5, 0.6) is 5.75 Å². The lowest BCUT2D eigenvalue weighted by atomic mass is 10.2. The number of aryl methyl sites for hydroxylation is 1. The lowest BCUT2D eigenvalue weighted by Gasteiger charge is -2.20. The fourth-order valence-electron chi connectivity index (χ4n) is 2.30. The standard InChI is InChI=1S/C18H23F3N4OS/c1-4-14(26-15-7-5-6-13(8-15)18(19,20)21)9-23-17(22-3)24-10-16-12(2)25-11-27-16/h5-8,11,14H,4,9-10H2,1-3H3,(H2,22,23,24). The van der Waals surface area contributed by atoms with E-state index in [-0.39, 0.29) is 11.9 Å². The molecule has 27 heavy (non-hydrogen) atoms. The summed E-state index contributed by atoms with van der Waals surface area (Å²) in [5.74, 6) is 0.788. The van der Waals surface area contributed by atoms with Crippen LogP contribution in [0.2, 0.25) is 0 Å². The van der Waals surface area contributed by atoms with Crippen LogP contribution in [0.1, 0.15) is 29.5 Å². The average molecular weight is 400 g/mol. The molecule has 0 amide bonds. The van der Waals surface area contributed by atoms with Crippen molar-refractivity contribution in [1.29, 1.82) is 0 Å². The largest absolute Gasteiger partial charge is 0.489 e. The average Bonchev–Trinajstić information content (AvgIpc) is 3.05. The highest BCUT2D eigenvalue weighted by atomic mass is 32.1. The van der Waals surface area contributed by atoms with Gasteiger partial charge in [-0.25, -0.2) is 4.98 Å². The van der Waals surface area contributed by atoms with Crippen LogP contribution >= 0.6 is 11.3 Å². The number of nitrogens with zero attached hydrogens (tertiary/aromatic N) is 2. The van der Waals surface area contributed by atoms with Gasteiger partial charge in [-0.1, -0.05) is 13.0 Å². The second-order valence-electron chi connectivity index (χ2n) is 5.84. The molecule has 2 aromatic rings. The molecule has 2 rings (SSSR count). The third kappa shape index (κ3) is 6.42. The van der Waals surface area contributed by atoms with E-state index in [1.54, 1.807) is 23.9 Å². The van der Waals surface area contributed by atoms with Crippen LogP contribution in [0.4, 0.5) is 13.2 Å². The minimum atomic E-state index is -4.39. The first-order valence-corrected chi connectivity index (χ1v) is 9.38. The SMILES string of the molecule is CCC(CNC(=NC)NCc1scnc1C)Oc1cccc(C(F)(F)F)c1. The molecule has 0 aliphatic rings. The van der Waals surface area contributed by atoms with Gasteiger partial charge >= 0.3 is 6.18 Å². The van der Waals surface area contributed by atoms with E-state index in [1.807, 2.05) is 13.8 Å². The van der Waals surface area contributed by atoms with Crippen LogP contribution in [-0.2, 0) is 12.7 Å². The van der Waals surface area contributed by atoms with Crippen molar-refractivity contribution in [3.05, 3.63) is 45.9 Å². The number of guanidine groups is 1. The number of alkyl halides is 3. The number of hydrogen-bond donors (Lipinski definition) is 2. The molecule has 1 atom stereocenters. The molecular weight excluding hydrogens is 377 g/mol. The fourth-order valence-corrected chi connectivity index (χ4v) is 3.02. The second kappa shape index (κ2) is 9.59. The summed E-state index contributed by atoms with van der Waals surface area (Å²) in [4.78, 5) is 9.46. The Hall–Kier alpha value is -2.29. The molecule has 0 saturated carbocycles. The van der Waals surface area contributed by atoms with Gasteiger partial charge in [-0.15, -0.1) is 11.3 Å². The van der Waals surface area contributed by atoms with Gasteiger partial charge in [0.1, 0.15) is 11.9 Å². The smallest absolute Gasteiger partial charge is 0.416 e. The van der Waals surface area contributed by atoms with Crippen LogP contribution in [0, 0.1) is 6.92 Å². The lowest BCUT2D eigenvalue weighted by Crippen LogP contribution is -2.42. The highest BCUT2D eigenvalue weighted by molar-refractivity contribution is 7.09. The van der Waals surface area contributed by atoms with Crippen LogP contribution in [0.3, 0.4) is 0 Å². The highest BCUT2D eigenvalue weighted by Crippen LogP contribution is 2.31. The molecule has 1 heterocycles. The molecule has 0 spiro atoms. The lowest BCUT2D eigenvalue weighted by molar-refractivity contribution is -0.137. The van der Waals surface area contributed by atoms with E-state index in [4.69, 9.17) is 4.74 Å². The Bertz CT molecular complexity index is 761. The van der Waals surface area contributed by atoms with E-state index in [9.17, 15) is 13.2 Å². The Morgan fingerprint density at radius 1 is 1.33 bits per heavy atom. The third-order valence-electron chi connectivity index (χ3n) is 3.90. The summed E-state index contributed by atoms with van der Waals surface area (Å²) >= 11 is 1.56.